The monoisotopic (exact) mass is 307 g/mol. The van der Waals surface area contributed by atoms with Crippen molar-refractivity contribution in [1.29, 1.82) is 0 Å². The molecule has 0 aromatic carbocycles. The number of hydrogen-bond acceptors (Lipinski definition) is 4. The summed E-state index contributed by atoms with van der Waals surface area (Å²) in [5, 5.41) is 5.48. The molecule has 1 aromatic rings. The van der Waals surface area contributed by atoms with E-state index in [-0.39, 0.29) is 17.6 Å². The van der Waals surface area contributed by atoms with Crippen LogP contribution in [-0.2, 0) is 4.79 Å². The number of carbonyl (C=O) groups excluding carboxylic acids is 2. The fraction of sp³-hybridized carbons (Fsp3) is 0.625. The summed E-state index contributed by atoms with van der Waals surface area (Å²) >= 11 is 0. The number of furan rings is 1. The Kier molecular flexibility index (Phi) is 6.45. The van der Waals surface area contributed by atoms with Gasteiger partial charge in [-0.1, -0.05) is 6.42 Å². The third-order valence-corrected chi connectivity index (χ3v) is 3.88. The Bertz CT molecular complexity index is 467. The second kappa shape index (κ2) is 8.58. The largest absolute Gasteiger partial charge is 0.459 e. The molecule has 0 spiro atoms. The number of likely N-dealkylation sites (tertiary alicyclic amines) is 1. The summed E-state index contributed by atoms with van der Waals surface area (Å²) < 4.78 is 4.99. The van der Waals surface area contributed by atoms with E-state index in [1.807, 2.05) is 0 Å². The van der Waals surface area contributed by atoms with Crippen LogP contribution in [0.25, 0.3) is 0 Å². The Balaban J connectivity index is 1.60. The van der Waals surface area contributed by atoms with Gasteiger partial charge in [0.05, 0.1) is 6.26 Å². The summed E-state index contributed by atoms with van der Waals surface area (Å²) in [6.45, 7) is 5.66. The SMILES string of the molecule is CC(NC(=O)c1ccco1)C(=O)NCCCN1CCCCC1. The number of nitrogens with zero attached hydrogens (tertiary/aromatic N) is 1. The number of carbonyl (C=O) groups is 2. The first-order valence-corrected chi connectivity index (χ1v) is 8.01. The molecule has 1 aliphatic rings. The first-order valence-electron chi connectivity index (χ1n) is 8.01. The number of nitrogens with one attached hydrogen (secondary N) is 2. The van der Waals surface area contributed by atoms with E-state index in [0.717, 1.165) is 13.0 Å². The minimum Gasteiger partial charge on any atom is -0.459 e. The van der Waals surface area contributed by atoms with Gasteiger partial charge in [0.1, 0.15) is 6.04 Å². The summed E-state index contributed by atoms with van der Waals surface area (Å²) in [4.78, 5) is 26.1. The second-order valence-corrected chi connectivity index (χ2v) is 5.72. The van der Waals surface area contributed by atoms with Crippen LogP contribution in [0.2, 0.25) is 0 Å². The van der Waals surface area contributed by atoms with Crippen molar-refractivity contribution in [2.75, 3.05) is 26.2 Å². The number of piperidine rings is 1. The zero-order valence-electron chi connectivity index (χ0n) is 13.1. The van der Waals surface area contributed by atoms with Gasteiger partial charge >= 0.3 is 0 Å². The van der Waals surface area contributed by atoms with Crippen molar-refractivity contribution in [2.45, 2.75) is 38.6 Å². The molecule has 1 saturated heterocycles. The van der Waals surface area contributed by atoms with Gasteiger partial charge in [-0.25, -0.2) is 0 Å². The maximum absolute atomic E-state index is 11.9. The van der Waals surface area contributed by atoms with Crippen LogP contribution in [0.5, 0.6) is 0 Å². The van der Waals surface area contributed by atoms with Gasteiger partial charge in [0, 0.05) is 6.54 Å². The molecule has 2 N–H and O–H groups in total. The minimum absolute atomic E-state index is 0.168. The predicted octanol–water partition coefficient (Wildman–Crippen LogP) is 1.39. The van der Waals surface area contributed by atoms with Gasteiger partial charge in [-0.3, -0.25) is 9.59 Å². The average Bonchev–Trinajstić information content (AvgIpc) is 3.07. The van der Waals surface area contributed by atoms with Crippen LogP contribution < -0.4 is 10.6 Å². The van der Waals surface area contributed by atoms with Crippen LogP contribution >= 0.6 is 0 Å². The molecule has 22 heavy (non-hydrogen) atoms. The van der Waals surface area contributed by atoms with Crippen molar-refractivity contribution in [3.63, 3.8) is 0 Å². The van der Waals surface area contributed by atoms with Gasteiger partial charge in [0.2, 0.25) is 5.91 Å². The fourth-order valence-corrected chi connectivity index (χ4v) is 2.59. The third-order valence-electron chi connectivity index (χ3n) is 3.88. The molecule has 1 atom stereocenters. The maximum atomic E-state index is 11.9. The molecule has 1 aromatic heterocycles. The van der Waals surface area contributed by atoms with Crippen molar-refractivity contribution in [3.8, 4) is 0 Å². The van der Waals surface area contributed by atoms with Crippen LogP contribution in [0.15, 0.2) is 22.8 Å². The van der Waals surface area contributed by atoms with Crippen molar-refractivity contribution in [2.24, 2.45) is 0 Å². The van der Waals surface area contributed by atoms with Gasteiger partial charge in [0.25, 0.3) is 5.91 Å². The first-order chi connectivity index (χ1) is 10.7. The molecule has 2 rings (SSSR count). The Labute approximate surface area is 131 Å². The average molecular weight is 307 g/mol. The molecule has 2 heterocycles. The molecule has 2 amide bonds. The van der Waals surface area contributed by atoms with Crippen LogP contribution in [0, 0.1) is 0 Å². The number of rotatable bonds is 7. The molecular weight excluding hydrogens is 282 g/mol. The van der Waals surface area contributed by atoms with Crippen LogP contribution in [-0.4, -0.2) is 48.9 Å². The molecule has 0 aliphatic carbocycles. The van der Waals surface area contributed by atoms with E-state index < -0.39 is 6.04 Å². The van der Waals surface area contributed by atoms with E-state index in [0.29, 0.717) is 6.54 Å². The van der Waals surface area contributed by atoms with Gasteiger partial charge in [-0.05, 0) is 58.0 Å². The summed E-state index contributed by atoms with van der Waals surface area (Å²) in [7, 11) is 0. The summed E-state index contributed by atoms with van der Waals surface area (Å²) in [6, 6.07) is 2.63. The summed E-state index contributed by atoms with van der Waals surface area (Å²) in [6.07, 6.45) is 6.26. The Hall–Kier alpha value is -1.82. The van der Waals surface area contributed by atoms with E-state index in [4.69, 9.17) is 4.42 Å². The van der Waals surface area contributed by atoms with E-state index in [9.17, 15) is 9.59 Å². The predicted molar refractivity (Wildman–Crippen MR) is 83.6 cm³/mol. The van der Waals surface area contributed by atoms with E-state index in [1.54, 1.807) is 19.1 Å². The minimum atomic E-state index is -0.576. The molecule has 0 saturated carbocycles. The lowest BCUT2D eigenvalue weighted by Gasteiger charge is -2.26. The highest BCUT2D eigenvalue weighted by Gasteiger charge is 2.17. The maximum Gasteiger partial charge on any atom is 0.287 e. The standard InChI is InChI=1S/C16H25N3O3/c1-13(18-16(21)14-7-5-12-22-14)15(20)17-8-6-11-19-9-3-2-4-10-19/h5,7,12-13H,2-4,6,8-11H2,1H3,(H,17,20)(H,18,21). The van der Waals surface area contributed by atoms with E-state index in [2.05, 4.69) is 15.5 Å². The first kappa shape index (κ1) is 16.5. The second-order valence-electron chi connectivity index (χ2n) is 5.72. The molecule has 6 nitrogen and oxygen atoms in total. The highest BCUT2D eigenvalue weighted by atomic mass is 16.3. The van der Waals surface area contributed by atoms with Gasteiger partial charge < -0.3 is 20.0 Å². The zero-order chi connectivity index (χ0) is 15.8. The van der Waals surface area contributed by atoms with Gasteiger partial charge in [-0.2, -0.15) is 0 Å². The van der Waals surface area contributed by atoms with Gasteiger partial charge in [-0.15, -0.1) is 0 Å². The van der Waals surface area contributed by atoms with Crippen molar-refractivity contribution in [1.82, 2.24) is 15.5 Å². The molecule has 1 unspecified atom stereocenters. The van der Waals surface area contributed by atoms with Crippen molar-refractivity contribution < 1.29 is 14.0 Å². The Morgan fingerprint density at radius 3 is 2.77 bits per heavy atom. The normalized spacial score (nSPS) is 17.0. The summed E-state index contributed by atoms with van der Waals surface area (Å²) in [5.74, 6) is -0.329. The van der Waals surface area contributed by atoms with Crippen molar-refractivity contribution in [3.05, 3.63) is 24.2 Å². The molecule has 122 valence electrons. The van der Waals surface area contributed by atoms with Crippen molar-refractivity contribution >= 4 is 11.8 Å². The molecule has 0 radical (unpaired) electrons. The summed E-state index contributed by atoms with van der Waals surface area (Å²) in [5.41, 5.74) is 0. The molecular formula is C16H25N3O3. The molecule has 0 bridgehead atoms. The zero-order valence-corrected chi connectivity index (χ0v) is 13.1. The molecule has 1 fully saturated rings. The van der Waals surface area contributed by atoms with Crippen LogP contribution in [0.1, 0.15) is 43.2 Å². The lowest BCUT2D eigenvalue weighted by atomic mass is 10.1. The topological polar surface area (TPSA) is 74.6 Å². The smallest absolute Gasteiger partial charge is 0.287 e. The Morgan fingerprint density at radius 1 is 1.32 bits per heavy atom. The fourth-order valence-electron chi connectivity index (χ4n) is 2.59. The highest BCUT2D eigenvalue weighted by Crippen LogP contribution is 2.08. The Morgan fingerprint density at radius 2 is 2.09 bits per heavy atom. The number of hydrogen-bond donors (Lipinski definition) is 2. The van der Waals surface area contributed by atoms with Crippen LogP contribution in [0.3, 0.4) is 0 Å². The third kappa shape index (κ3) is 5.18. The van der Waals surface area contributed by atoms with E-state index >= 15 is 0 Å². The van der Waals surface area contributed by atoms with Gasteiger partial charge in [0.15, 0.2) is 5.76 Å². The molecule has 6 heteroatoms. The lowest BCUT2D eigenvalue weighted by Crippen LogP contribution is -2.45. The lowest BCUT2D eigenvalue weighted by molar-refractivity contribution is -0.122. The van der Waals surface area contributed by atoms with Crippen LogP contribution in [0.4, 0.5) is 0 Å². The number of amides is 2. The highest BCUT2D eigenvalue weighted by molar-refractivity contribution is 5.95. The molecule has 1 aliphatic heterocycles. The quantitative estimate of drug-likeness (QED) is 0.747. The van der Waals surface area contributed by atoms with E-state index in [1.165, 1.54) is 38.6 Å².